The minimum Gasteiger partial charge on any atom is -0.271 e. The molecule has 6 heteroatoms. The number of carbonyl (C=O) groups is 2. The number of aryl methyl sites for hydroxylation is 1. The molecule has 1 aliphatic carbocycles. The van der Waals surface area contributed by atoms with Crippen molar-refractivity contribution in [2.24, 2.45) is 0 Å². The number of para-hydroxylation sites is 1. The van der Waals surface area contributed by atoms with Gasteiger partial charge in [0.25, 0.3) is 11.8 Å². The van der Waals surface area contributed by atoms with Gasteiger partial charge in [-0.15, -0.1) is 0 Å². The van der Waals surface area contributed by atoms with Crippen molar-refractivity contribution in [3.8, 4) is 23.0 Å². The minimum absolute atomic E-state index is 0.0405. The summed E-state index contributed by atoms with van der Waals surface area (Å²) < 4.78 is 1.79. The van der Waals surface area contributed by atoms with Crippen molar-refractivity contribution in [3.05, 3.63) is 88.6 Å². The van der Waals surface area contributed by atoms with Crippen LogP contribution in [0, 0.1) is 18.3 Å². The van der Waals surface area contributed by atoms with Crippen LogP contribution in [0.3, 0.4) is 0 Å². The quantitative estimate of drug-likeness (QED) is 0.354. The number of benzene rings is 2. The van der Waals surface area contributed by atoms with Gasteiger partial charge in [-0.1, -0.05) is 67.3 Å². The van der Waals surface area contributed by atoms with E-state index in [1.807, 2.05) is 67.7 Å². The van der Waals surface area contributed by atoms with E-state index in [9.17, 15) is 14.9 Å². The molecule has 180 valence electrons. The first-order valence-corrected chi connectivity index (χ1v) is 12.4. The highest BCUT2D eigenvalue weighted by Crippen LogP contribution is 2.34. The predicted molar refractivity (Wildman–Crippen MR) is 139 cm³/mol. The van der Waals surface area contributed by atoms with E-state index in [-0.39, 0.29) is 17.5 Å². The first kappa shape index (κ1) is 23.5. The van der Waals surface area contributed by atoms with Gasteiger partial charge in [-0.3, -0.25) is 14.5 Å². The molecule has 0 bridgehead atoms. The van der Waals surface area contributed by atoms with E-state index < -0.39 is 5.91 Å². The van der Waals surface area contributed by atoms with Gasteiger partial charge in [0.2, 0.25) is 0 Å². The normalized spacial score (nSPS) is 18.1. The highest BCUT2D eigenvalue weighted by atomic mass is 16.2. The lowest BCUT2D eigenvalue weighted by molar-refractivity contribution is -0.143. The molecule has 0 radical (unpaired) electrons. The van der Waals surface area contributed by atoms with Gasteiger partial charge in [-0.2, -0.15) is 10.4 Å². The molecular weight excluding hydrogens is 448 g/mol. The summed E-state index contributed by atoms with van der Waals surface area (Å²) in [5.74, 6) is -0.798. The third-order valence-corrected chi connectivity index (χ3v) is 7.10. The Morgan fingerprint density at radius 2 is 1.64 bits per heavy atom. The lowest BCUT2D eigenvalue weighted by Crippen LogP contribution is -2.49. The molecule has 6 nitrogen and oxygen atoms in total. The number of imide groups is 1. The third kappa shape index (κ3) is 4.29. The maximum Gasteiger partial charge on any atom is 0.271 e. The van der Waals surface area contributed by atoms with Gasteiger partial charge < -0.3 is 0 Å². The van der Waals surface area contributed by atoms with Crippen LogP contribution in [0.5, 0.6) is 0 Å². The molecule has 0 N–H and O–H groups in total. The van der Waals surface area contributed by atoms with E-state index >= 15 is 0 Å². The summed E-state index contributed by atoms with van der Waals surface area (Å²) >= 11 is 0. The molecular formula is C30H28N4O2. The Hall–Kier alpha value is -4.24. The number of nitriles is 1. The van der Waals surface area contributed by atoms with Crippen molar-refractivity contribution in [2.45, 2.75) is 52.0 Å². The Labute approximate surface area is 211 Å². The smallest absolute Gasteiger partial charge is 0.271 e. The van der Waals surface area contributed by atoms with Crippen LogP contribution >= 0.6 is 0 Å². The molecule has 1 aromatic heterocycles. The molecule has 0 unspecified atom stereocenters. The van der Waals surface area contributed by atoms with Crippen LogP contribution in [0.1, 0.15) is 50.2 Å². The van der Waals surface area contributed by atoms with Gasteiger partial charge in [0.1, 0.15) is 11.6 Å². The molecule has 36 heavy (non-hydrogen) atoms. The Bertz CT molecular complexity index is 1420. The van der Waals surface area contributed by atoms with Crippen LogP contribution < -0.4 is 0 Å². The predicted octanol–water partition coefficient (Wildman–Crippen LogP) is 5.77. The topological polar surface area (TPSA) is 79.0 Å². The first-order chi connectivity index (χ1) is 17.5. The fraction of sp³-hybridized carbons (Fsp3) is 0.267. The molecule has 0 atom stereocenters. The number of carbonyl (C=O) groups excluding carboxylic acids is 2. The summed E-state index contributed by atoms with van der Waals surface area (Å²) in [6.45, 7) is 3.72. The van der Waals surface area contributed by atoms with Crippen LogP contribution in [0.25, 0.3) is 23.0 Å². The van der Waals surface area contributed by atoms with Crippen LogP contribution in [-0.2, 0) is 9.59 Å². The largest absolute Gasteiger partial charge is 0.271 e. The second kappa shape index (κ2) is 9.79. The Kier molecular flexibility index (Phi) is 6.39. The standard InChI is InChI=1S/C30H28N4O2/c1-20-13-15-22(16-14-20)28-23(19-33(32-28)24-9-5-3-6-10-24)17-26-21(2)27(18-31)30(36)34(29(26)35)25-11-7-4-8-12-25/h3,5-6,9-10,13-17,19,25H,4,7-8,11-12H2,1-2H3/b26-17+. The van der Waals surface area contributed by atoms with E-state index in [1.165, 1.54) is 4.90 Å². The van der Waals surface area contributed by atoms with Crippen molar-refractivity contribution in [2.75, 3.05) is 0 Å². The Balaban J connectivity index is 1.66. The third-order valence-electron chi connectivity index (χ3n) is 7.10. The van der Waals surface area contributed by atoms with Crippen molar-refractivity contribution in [1.29, 1.82) is 5.26 Å². The number of nitrogens with zero attached hydrogens (tertiary/aromatic N) is 4. The summed E-state index contributed by atoms with van der Waals surface area (Å²) in [5.41, 5.74) is 5.27. The molecule has 1 aliphatic heterocycles. The number of hydrogen-bond acceptors (Lipinski definition) is 4. The van der Waals surface area contributed by atoms with Gasteiger partial charge in [-0.25, -0.2) is 4.68 Å². The number of rotatable bonds is 4. The highest BCUT2D eigenvalue weighted by Gasteiger charge is 2.40. The molecule has 3 aromatic rings. The number of hydrogen-bond donors (Lipinski definition) is 0. The number of aromatic nitrogens is 2. The molecule has 0 saturated heterocycles. The molecule has 2 amide bonds. The number of amides is 2. The summed E-state index contributed by atoms with van der Waals surface area (Å²) in [6.07, 6.45) is 8.31. The highest BCUT2D eigenvalue weighted by molar-refractivity contribution is 6.20. The van der Waals surface area contributed by atoms with E-state index in [2.05, 4.69) is 6.07 Å². The maximum absolute atomic E-state index is 13.7. The van der Waals surface area contributed by atoms with Crippen LogP contribution in [0.2, 0.25) is 0 Å². The van der Waals surface area contributed by atoms with Crippen LogP contribution in [0.4, 0.5) is 0 Å². The summed E-state index contributed by atoms with van der Waals surface area (Å²) in [4.78, 5) is 28.2. The summed E-state index contributed by atoms with van der Waals surface area (Å²) in [6, 6.07) is 19.8. The molecule has 2 aromatic carbocycles. The lowest BCUT2D eigenvalue weighted by Gasteiger charge is -2.36. The van der Waals surface area contributed by atoms with Gasteiger partial charge in [0, 0.05) is 28.9 Å². The van der Waals surface area contributed by atoms with Crippen molar-refractivity contribution in [3.63, 3.8) is 0 Å². The summed E-state index contributed by atoms with van der Waals surface area (Å²) in [7, 11) is 0. The van der Waals surface area contributed by atoms with Crippen LogP contribution in [-0.4, -0.2) is 32.5 Å². The zero-order valence-electron chi connectivity index (χ0n) is 20.6. The summed E-state index contributed by atoms with van der Waals surface area (Å²) in [5, 5.41) is 14.7. The molecule has 0 spiro atoms. The SMILES string of the molecule is CC1=C(C#N)C(=O)N(C2CCCCC2)C(=O)/C1=C/c1cn(-c2ccccc2)nc1-c1ccc(C)cc1. The zero-order chi connectivity index (χ0) is 25.2. The van der Waals surface area contributed by atoms with Gasteiger partial charge >= 0.3 is 0 Å². The fourth-order valence-corrected chi connectivity index (χ4v) is 5.07. The molecule has 1 fully saturated rings. The zero-order valence-corrected chi connectivity index (χ0v) is 20.6. The fourth-order valence-electron chi connectivity index (χ4n) is 5.07. The van der Waals surface area contributed by atoms with Crippen molar-refractivity contribution < 1.29 is 9.59 Å². The molecule has 5 rings (SSSR count). The van der Waals surface area contributed by atoms with E-state index in [0.29, 0.717) is 11.1 Å². The molecule has 1 saturated carbocycles. The maximum atomic E-state index is 13.7. The van der Waals surface area contributed by atoms with Crippen LogP contribution in [0.15, 0.2) is 77.5 Å². The minimum atomic E-state index is -0.470. The van der Waals surface area contributed by atoms with Gasteiger partial charge in [0.05, 0.1) is 11.4 Å². The molecule has 2 aliphatic rings. The van der Waals surface area contributed by atoms with Crippen molar-refractivity contribution in [1.82, 2.24) is 14.7 Å². The second-order valence-corrected chi connectivity index (χ2v) is 9.52. The average Bonchev–Trinajstić information content (AvgIpc) is 3.32. The monoisotopic (exact) mass is 476 g/mol. The Morgan fingerprint density at radius 1 is 0.944 bits per heavy atom. The second-order valence-electron chi connectivity index (χ2n) is 9.52. The van der Waals surface area contributed by atoms with Gasteiger partial charge in [0.15, 0.2) is 0 Å². The van der Waals surface area contributed by atoms with E-state index in [4.69, 9.17) is 5.10 Å². The van der Waals surface area contributed by atoms with Gasteiger partial charge in [-0.05, 0) is 50.5 Å². The Morgan fingerprint density at radius 3 is 2.31 bits per heavy atom. The first-order valence-electron chi connectivity index (χ1n) is 12.4. The van der Waals surface area contributed by atoms with E-state index in [0.717, 1.165) is 60.2 Å². The van der Waals surface area contributed by atoms with Crippen molar-refractivity contribution >= 4 is 17.9 Å². The average molecular weight is 477 g/mol. The lowest BCUT2D eigenvalue weighted by atomic mass is 9.88. The van der Waals surface area contributed by atoms with E-state index in [1.54, 1.807) is 17.7 Å². The molecule has 2 heterocycles.